The van der Waals surface area contributed by atoms with Gasteiger partial charge in [0.25, 0.3) is 0 Å². The Bertz CT molecular complexity index is 708. The average molecular weight is 436 g/mol. The first-order chi connectivity index (χ1) is 14.0. The number of rotatable bonds is 14. The van der Waals surface area contributed by atoms with E-state index in [1.165, 1.54) is 63.5 Å². The first-order valence-electron chi connectivity index (χ1n) is 10.6. The number of amides is 1. The van der Waals surface area contributed by atoms with Gasteiger partial charge in [0, 0.05) is 6.42 Å². The van der Waals surface area contributed by atoms with Gasteiger partial charge in [0.15, 0.2) is 6.07 Å². The Morgan fingerprint density at radius 1 is 1.03 bits per heavy atom. The maximum Gasteiger partial charge on any atom is 0.333 e. The minimum Gasteiger partial charge on any atom is -0.325 e. The van der Waals surface area contributed by atoms with Gasteiger partial charge < -0.3 is 5.32 Å². The topological polar surface area (TPSA) is 57.2 Å². The lowest BCUT2D eigenvalue weighted by molar-refractivity contribution is -0.116. The minimum atomic E-state index is -1.01. The maximum atomic E-state index is 12.2. The van der Waals surface area contributed by atoms with Crippen LogP contribution >= 0.6 is 23.2 Å². The third-order valence-electron chi connectivity index (χ3n) is 4.91. The molecule has 1 aromatic rings. The number of hydrogen-bond acceptors (Lipinski definition) is 2. The first-order valence-corrected chi connectivity index (χ1v) is 11.3. The molecule has 0 fully saturated rings. The van der Waals surface area contributed by atoms with Crippen molar-refractivity contribution in [3.63, 3.8) is 0 Å². The number of nitrogens with zero attached hydrogens (tertiary/aromatic N) is 2. The molecule has 6 heteroatoms. The van der Waals surface area contributed by atoms with E-state index in [9.17, 15) is 4.79 Å². The zero-order valence-electron chi connectivity index (χ0n) is 17.3. The van der Waals surface area contributed by atoms with E-state index in [4.69, 9.17) is 35.0 Å². The van der Waals surface area contributed by atoms with Crippen LogP contribution in [-0.2, 0) is 4.79 Å². The molecule has 0 bridgehead atoms. The number of anilines is 1. The zero-order chi connectivity index (χ0) is 21.5. The second kappa shape index (κ2) is 15.1. The lowest BCUT2D eigenvalue weighted by Gasteiger charge is -2.10. The number of benzene rings is 1. The van der Waals surface area contributed by atoms with Crippen molar-refractivity contribution in [3.8, 4) is 6.07 Å². The number of halogens is 2. The second-order valence-electron chi connectivity index (χ2n) is 7.35. The molecule has 0 saturated heterocycles. The standard InChI is InChI=1S/C23H31Cl2N3O/c1-3-4-5-6-7-8-9-10-11-12-13-14-23(29)28-21-15-18(22(17-26)27-2)19(24)16-20(21)25/h15-16,22H,3-14H2,1H3,(H,28,29). The van der Waals surface area contributed by atoms with Gasteiger partial charge in [0.2, 0.25) is 5.91 Å². The third-order valence-corrected chi connectivity index (χ3v) is 5.55. The lowest BCUT2D eigenvalue weighted by atomic mass is 10.1. The highest BCUT2D eigenvalue weighted by Gasteiger charge is 2.21. The number of carbonyl (C=O) groups is 1. The Hall–Kier alpha value is -1.75. The smallest absolute Gasteiger partial charge is 0.325 e. The van der Waals surface area contributed by atoms with E-state index < -0.39 is 6.04 Å². The monoisotopic (exact) mass is 435 g/mol. The summed E-state index contributed by atoms with van der Waals surface area (Å²) in [6, 6.07) is 3.86. The van der Waals surface area contributed by atoms with Crippen LogP contribution in [0.1, 0.15) is 95.6 Å². The SMILES string of the molecule is [C-]#[N+]C(C#N)c1cc(NC(=O)CCCCCCCCCCCCC)c(Cl)cc1Cl. The van der Waals surface area contributed by atoms with Crippen molar-refractivity contribution in [1.29, 1.82) is 5.26 Å². The molecule has 0 aliphatic carbocycles. The van der Waals surface area contributed by atoms with Crippen LogP contribution in [0, 0.1) is 17.9 Å². The molecule has 1 rings (SSSR count). The van der Waals surface area contributed by atoms with Gasteiger partial charge in [0.05, 0.1) is 21.3 Å². The Balaban J connectivity index is 2.29. The Kier molecular flexibility index (Phi) is 13.2. The maximum absolute atomic E-state index is 12.2. The molecule has 0 aliphatic rings. The van der Waals surface area contributed by atoms with Crippen LogP contribution in [0.4, 0.5) is 5.69 Å². The van der Waals surface area contributed by atoms with Gasteiger partial charge in [-0.25, -0.2) is 6.57 Å². The predicted molar refractivity (Wildman–Crippen MR) is 121 cm³/mol. The van der Waals surface area contributed by atoms with Crippen LogP contribution in [0.15, 0.2) is 12.1 Å². The second-order valence-corrected chi connectivity index (χ2v) is 8.16. The van der Waals surface area contributed by atoms with Crippen molar-refractivity contribution < 1.29 is 4.79 Å². The van der Waals surface area contributed by atoms with Crippen molar-refractivity contribution in [2.45, 2.75) is 90.0 Å². The summed E-state index contributed by atoms with van der Waals surface area (Å²) in [5.41, 5.74) is 0.751. The minimum absolute atomic E-state index is 0.118. The molecule has 0 aromatic heterocycles. The molecule has 1 unspecified atom stereocenters. The Morgan fingerprint density at radius 2 is 1.59 bits per heavy atom. The number of nitriles is 1. The van der Waals surface area contributed by atoms with Gasteiger partial charge in [-0.3, -0.25) is 9.64 Å². The fourth-order valence-corrected chi connectivity index (χ4v) is 3.74. The normalized spacial score (nSPS) is 11.5. The van der Waals surface area contributed by atoms with Gasteiger partial charge >= 0.3 is 6.04 Å². The molecule has 4 nitrogen and oxygen atoms in total. The van der Waals surface area contributed by atoms with Crippen LogP contribution < -0.4 is 5.32 Å². The molecular weight excluding hydrogens is 405 g/mol. The van der Waals surface area contributed by atoms with Crippen LogP contribution in [0.25, 0.3) is 4.85 Å². The molecule has 0 heterocycles. The third kappa shape index (κ3) is 10.0. The van der Waals surface area contributed by atoms with E-state index in [0.29, 0.717) is 22.7 Å². The summed E-state index contributed by atoms with van der Waals surface area (Å²) in [7, 11) is 0. The van der Waals surface area contributed by atoms with E-state index in [1.807, 2.05) is 6.07 Å². The number of nitrogens with one attached hydrogen (secondary N) is 1. The molecule has 158 valence electrons. The molecule has 29 heavy (non-hydrogen) atoms. The molecule has 0 radical (unpaired) electrons. The molecule has 0 aliphatic heterocycles. The van der Waals surface area contributed by atoms with Gasteiger partial charge in [-0.2, -0.15) is 5.26 Å². The summed E-state index contributed by atoms with van der Waals surface area (Å²) >= 11 is 12.2. The molecule has 1 aromatic carbocycles. The van der Waals surface area contributed by atoms with Crippen molar-refractivity contribution in [1.82, 2.24) is 0 Å². The van der Waals surface area contributed by atoms with Crippen molar-refractivity contribution in [2.24, 2.45) is 0 Å². The lowest BCUT2D eigenvalue weighted by Crippen LogP contribution is -2.12. The summed E-state index contributed by atoms with van der Waals surface area (Å²) in [6.45, 7) is 9.33. The summed E-state index contributed by atoms with van der Waals surface area (Å²) < 4.78 is 0. The molecule has 0 saturated carbocycles. The van der Waals surface area contributed by atoms with Crippen molar-refractivity contribution in [3.05, 3.63) is 39.2 Å². The van der Waals surface area contributed by atoms with Crippen LogP contribution in [0.3, 0.4) is 0 Å². The van der Waals surface area contributed by atoms with E-state index in [0.717, 1.165) is 19.3 Å². The number of hydrogen-bond donors (Lipinski definition) is 1. The average Bonchev–Trinajstić information content (AvgIpc) is 2.70. The van der Waals surface area contributed by atoms with E-state index in [-0.39, 0.29) is 10.9 Å². The van der Waals surface area contributed by atoms with Crippen molar-refractivity contribution in [2.75, 3.05) is 5.32 Å². The molecule has 1 amide bonds. The summed E-state index contributed by atoms with van der Waals surface area (Å²) in [6.07, 6.45) is 14.0. The largest absolute Gasteiger partial charge is 0.333 e. The fraction of sp³-hybridized carbons (Fsp3) is 0.609. The van der Waals surface area contributed by atoms with Gasteiger partial charge in [-0.1, -0.05) is 94.3 Å². The Labute approximate surface area is 185 Å². The van der Waals surface area contributed by atoms with Crippen LogP contribution in [0.5, 0.6) is 0 Å². The molecule has 0 spiro atoms. The summed E-state index contributed by atoms with van der Waals surface area (Å²) in [5, 5.41) is 12.4. The van der Waals surface area contributed by atoms with Crippen LogP contribution in [-0.4, -0.2) is 5.91 Å². The fourth-order valence-electron chi connectivity index (χ4n) is 3.20. The highest BCUT2D eigenvalue weighted by Crippen LogP contribution is 2.34. The zero-order valence-corrected chi connectivity index (χ0v) is 18.8. The highest BCUT2D eigenvalue weighted by atomic mass is 35.5. The molecular formula is C23H31Cl2N3O. The van der Waals surface area contributed by atoms with Crippen molar-refractivity contribution >= 4 is 34.8 Å². The predicted octanol–water partition coefficient (Wildman–Crippen LogP) is 8.12. The molecule has 1 atom stereocenters. The number of unbranched alkanes of at least 4 members (excludes halogenated alkanes) is 10. The van der Waals surface area contributed by atoms with E-state index in [1.54, 1.807) is 0 Å². The van der Waals surface area contributed by atoms with Gasteiger partial charge in [-0.05, 0) is 18.6 Å². The summed E-state index contributed by atoms with van der Waals surface area (Å²) in [4.78, 5) is 15.4. The van der Waals surface area contributed by atoms with Gasteiger partial charge in [-0.15, -0.1) is 0 Å². The Morgan fingerprint density at radius 3 is 2.10 bits per heavy atom. The number of carbonyl (C=O) groups excluding carboxylic acids is 1. The quantitative estimate of drug-likeness (QED) is 0.236. The highest BCUT2D eigenvalue weighted by molar-refractivity contribution is 6.37. The van der Waals surface area contributed by atoms with E-state index in [2.05, 4.69) is 17.1 Å². The van der Waals surface area contributed by atoms with E-state index >= 15 is 0 Å². The van der Waals surface area contributed by atoms with Crippen LogP contribution in [0.2, 0.25) is 10.0 Å². The first kappa shape index (κ1) is 25.3. The van der Waals surface area contributed by atoms with Gasteiger partial charge in [0.1, 0.15) is 0 Å². The molecule has 1 N–H and O–H groups in total. The summed E-state index contributed by atoms with van der Waals surface area (Å²) in [5.74, 6) is -0.118.